The van der Waals surface area contributed by atoms with Gasteiger partial charge in [0.15, 0.2) is 11.5 Å². The van der Waals surface area contributed by atoms with Gasteiger partial charge in [-0.15, -0.1) is 10.2 Å². The number of nitrogens with zero attached hydrogens (tertiary/aromatic N) is 2. The van der Waals surface area contributed by atoms with E-state index in [0.29, 0.717) is 24.0 Å². The number of hydrogen-bond acceptors (Lipinski definition) is 6. The van der Waals surface area contributed by atoms with Gasteiger partial charge >= 0.3 is 6.61 Å². The van der Waals surface area contributed by atoms with Crippen molar-refractivity contribution in [1.29, 1.82) is 0 Å². The van der Waals surface area contributed by atoms with Crippen molar-refractivity contribution in [3.63, 3.8) is 0 Å². The van der Waals surface area contributed by atoms with Gasteiger partial charge in [0.05, 0.1) is 6.61 Å². The van der Waals surface area contributed by atoms with E-state index in [-0.39, 0.29) is 5.75 Å². The number of halogens is 2. The molecular weight excluding hydrogens is 288 g/mol. The molecular formula is C12H13F2N3O2S. The van der Waals surface area contributed by atoms with Crippen molar-refractivity contribution < 1.29 is 18.3 Å². The minimum Gasteiger partial charge on any atom is -0.490 e. The predicted octanol–water partition coefficient (Wildman–Crippen LogP) is 3.15. The molecule has 5 nitrogen and oxygen atoms in total. The van der Waals surface area contributed by atoms with Crippen molar-refractivity contribution in [2.45, 2.75) is 20.1 Å². The van der Waals surface area contributed by atoms with Gasteiger partial charge < -0.3 is 14.8 Å². The van der Waals surface area contributed by atoms with Gasteiger partial charge in [0.2, 0.25) is 5.13 Å². The van der Waals surface area contributed by atoms with Crippen LogP contribution in [0, 0.1) is 0 Å². The first-order chi connectivity index (χ1) is 9.69. The van der Waals surface area contributed by atoms with Gasteiger partial charge in [-0.05, 0) is 24.6 Å². The Morgan fingerprint density at radius 3 is 2.85 bits per heavy atom. The van der Waals surface area contributed by atoms with Crippen LogP contribution < -0.4 is 14.8 Å². The molecule has 20 heavy (non-hydrogen) atoms. The van der Waals surface area contributed by atoms with Crippen molar-refractivity contribution in [2.75, 3.05) is 11.9 Å². The minimum atomic E-state index is -2.88. The first-order valence-corrected chi connectivity index (χ1v) is 6.77. The van der Waals surface area contributed by atoms with Crippen molar-refractivity contribution in [2.24, 2.45) is 0 Å². The van der Waals surface area contributed by atoms with Crippen molar-refractivity contribution in [3.8, 4) is 11.5 Å². The number of benzene rings is 1. The summed E-state index contributed by atoms with van der Waals surface area (Å²) in [4.78, 5) is 0. The molecule has 0 bridgehead atoms. The van der Waals surface area contributed by atoms with Gasteiger partial charge in [-0.1, -0.05) is 17.4 Å². The Hall–Kier alpha value is -1.96. The highest BCUT2D eigenvalue weighted by Crippen LogP contribution is 2.30. The van der Waals surface area contributed by atoms with E-state index in [2.05, 4.69) is 20.3 Å². The molecule has 1 heterocycles. The molecule has 0 amide bonds. The van der Waals surface area contributed by atoms with E-state index in [9.17, 15) is 8.78 Å². The molecule has 0 aliphatic rings. The van der Waals surface area contributed by atoms with Gasteiger partial charge in [0, 0.05) is 6.54 Å². The number of hydrogen-bond donors (Lipinski definition) is 1. The molecule has 0 radical (unpaired) electrons. The van der Waals surface area contributed by atoms with E-state index in [4.69, 9.17) is 4.74 Å². The summed E-state index contributed by atoms with van der Waals surface area (Å²) in [5, 5.41) is 11.3. The van der Waals surface area contributed by atoms with E-state index in [1.54, 1.807) is 24.6 Å². The quantitative estimate of drug-likeness (QED) is 0.851. The summed E-state index contributed by atoms with van der Waals surface area (Å²) in [6.45, 7) is -0.241. The third-order valence-corrected chi connectivity index (χ3v) is 2.98. The molecule has 1 aromatic heterocycles. The Morgan fingerprint density at radius 1 is 1.35 bits per heavy atom. The van der Waals surface area contributed by atoms with Crippen LogP contribution in [-0.4, -0.2) is 23.4 Å². The lowest BCUT2D eigenvalue weighted by molar-refractivity contribution is -0.0514. The number of ether oxygens (including phenoxy) is 2. The van der Waals surface area contributed by atoms with Crippen LogP contribution in [0.15, 0.2) is 23.7 Å². The van der Waals surface area contributed by atoms with Crippen LogP contribution in [0.2, 0.25) is 0 Å². The van der Waals surface area contributed by atoms with E-state index >= 15 is 0 Å². The number of rotatable bonds is 7. The molecule has 108 valence electrons. The SMILES string of the molecule is CCOc1cc(CNc2nncs2)ccc1OC(F)F. The van der Waals surface area contributed by atoms with Crippen molar-refractivity contribution in [3.05, 3.63) is 29.3 Å². The van der Waals surface area contributed by atoms with Crippen LogP contribution in [0.1, 0.15) is 12.5 Å². The topological polar surface area (TPSA) is 56.3 Å². The Kier molecular flexibility index (Phi) is 5.05. The molecule has 2 rings (SSSR count). The zero-order chi connectivity index (χ0) is 14.4. The molecule has 1 N–H and O–H groups in total. The minimum absolute atomic E-state index is 0.0292. The van der Waals surface area contributed by atoms with Crippen LogP contribution in [-0.2, 0) is 6.54 Å². The summed E-state index contributed by atoms with van der Waals surface area (Å²) < 4.78 is 34.3. The van der Waals surface area contributed by atoms with E-state index in [0.717, 1.165) is 5.56 Å². The second-order valence-corrected chi connectivity index (χ2v) is 4.52. The maximum Gasteiger partial charge on any atom is 0.387 e. The Morgan fingerprint density at radius 2 is 2.20 bits per heavy atom. The van der Waals surface area contributed by atoms with Gasteiger partial charge in [-0.3, -0.25) is 0 Å². The van der Waals surface area contributed by atoms with Gasteiger partial charge in [0.1, 0.15) is 5.51 Å². The Balaban J connectivity index is 2.08. The molecule has 1 aromatic carbocycles. The van der Waals surface area contributed by atoms with Crippen molar-refractivity contribution >= 4 is 16.5 Å². The summed E-state index contributed by atoms with van der Waals surface area (Å²) in [5.41, 5.74) is 2.48. The average Bonchev–Trinajstić information content (AvgIpc) is 2.92. The molecule has 0 atom stereocenters. The molecule has 0 saturated heterocycles. The molecule has 0 aliphatic carbocycles. The fourth-order valence-electron chi connectivity index (χ4n) is 1.55. The standard InChI is InChI=1S/C12H13F2N3O2S/c1-2-18-10-5-8(3-4-9(10)19-11(13)14)6-15-12-17-16-7-20-12/h3-5,7,11H,2,6H2,1H3,(H,15,17). The molecule has 0 saturated carbocycles. The lowest BCUT2D eigenvalue weighted by Gasteiger charge is -2.12. The second-order valence-electron chi connectivity index (χ2n) is 3.69. The fraction of sp³-hybridized carbons (Fsp3) is 0.333. The summed E-state index contributed by atoms with van der Waals surface area (Å²) in [5.74, 6) is 0.325. The summed E-state index contributed by atoms with van der Waals surface area (Å²) in [6, 6.07) is 4.82. The van der Waals surface area contributed by atoms with Crippen LogP contribution in [0.3, 0.4) is 0 Å². The molecule has 0 unspecified atom stereocenters. The van der Waals surface area contributed by atoms with Crippen LogP contribution >= 0.6 is 11.3 Å². The van der Waals surface area contributed by atoms with Gasteiger partial charge in [-0.25, -0.2) is 0 Å². The number of alkyl halides is 2. The lowest BCUT2D eigenvalue weighted by Crippen LogP contribution is -2.06. The number of anilines is 1. The first-order valence-electron chi connectivity index (χ1n) is 5.89. The monoisotopic (exact) mass is 301 g/mol. The summed E-state index contributed by atoms with van der Waals surface area (Å²) >= 11 is 1.38. The molecule has 2 aromatic rings. The number of nitrogens with one attached hydrogen (secondary N) is 1. The Labute approximate surface area is 118 Å². The lowest BCUT2D eigenvalue weighted by atomic mass is 10.2. The van der Waals surface area contributed by atoms with Crippen LogP contribution in [0.25, 0.3) is 0 Å². The Bertz CT molecular complexity index is 538. The van der Waals surface area contributed by atoms with E-state index in [1.165, 1.54) is 17.4 Å². The van der Waals surface area contributed by atoms with Crippen LogP contribution in [0.5, 0.6) is 11.5 Å². The molecule has 0 spiro atoms. The predicted molar refractivity (Wildman–Crippen MR) is 71.5 cm³/mol. The zero-order valence-electron chi connectivity index (χ0n) is 10.7. The van der Waals surface area contributed by atoms with Crippen molar-refractivity contribution in [1.82, 2.24) is 10.2 Å². The van der Waals surface area contributed by atoms with E-state index < -0.39 is 6.61 Å². The largest absolute Gasteiger partial charge is 0.490 e. The smallest absolute Gasteiger partial charge is 0.387 e. The van der Waals surface area contributed by atoms with Gasteiger partial charge in [-0.2, -0.15) is 8.78 Å². The molecule has 0 aliphatic heterocycles. The highest BCUT2D eigenvalue weighted by molar-refractivity contribution is 7.13. The maximum atomic E-state index is 12.3. The second kappa shape index (κ2) is 6.99. The highest BCUT2D eigenvalue weighted by atomic mass is 32.1. The van der Waals surface area contributed by atoms with Gasteiger partial charge in [0.25, 0.3) is 0 Å². The molecule has 0 fully saturated rings. The average molecular weight is 301 g/mol. The molecule has 8 heteroatoms. The van der Waals surface area contributed by atoms with Crippen LogP contribution in [0.4, 0.5) is 13.9 Å². The number of aromatic nitrogens is 2. The fourth-order valence-corrected chi connectivity index (χ4v) is 2.00. The first kappa shape index (κ1) is 14.4. The normalized spacial score (nSPS) is 10.6. The zero-order valence-corrected chi connectivity index (χ0v) is 11.5. The maximum absolute atomic E-state index is 12.3. The summed E-state index contributed by atoms with van der Waals surface area (Å²) in [7, 11) is 0. The van der Waals surface area contributed by atoms with E-state index in [1.807, 2.05) is 0 Å². The third-order valence-electron chi connectivity index (χ3n) is 2.33. The highest BCUT2D eigenvalue weighted by Gasteiger charge is 2.11. The third kappa shape index (κ3) is 4.02. The summed E-state index contributed by atoms with van der Waals surface area (Å²) in [6.07, 6.45) is 0.